The molecule has 31 heavy (non-hydrogen) atoms. The van der Waals surface area contributed by atoms with Gasteiger partial charge in [0.25, 0.3) is 0 Å². The van der Waals surface area contributed by atoms with Crippen molar-refractivity contribution < 1.29 is 28.9 Å². The van der Waals surface area contributed by atoms with Gasteiger partial charge in [-0.15, -0.1) is 0 Å². The molecular weight excluding hydrogens is 398 g/mol. The van der Waals surface area contributed by atoms with E-state index in [1.165, 1.54) is 0 Å². The second-order valence-corrected chi connectivity index (χ2v) is 7.78. The number of aromatic hydroxyl groups is 1. The van der Waals surface area contributed by atoms with Gasteiger partial charge in [0.1, 0.15) is 5.75 Å². The van der Waals surface area contributed by atoms with Gasteiger partial charge < -0.3 is 24.6 Å². The van der Waals surface area contributed by atoms with E-state index in [1.807, 2.05) is 18.2 Å². The van der Waals surface area contributed by atoms with E-state index in [1.54, 1.807) is 39.5 Å². The lowest BCUT2D eigenvalue weighted by molar-refractivity contribution is -0.122. The Morgan fingerprint density at radius 3 is 2.23 bits per heavy atom. The predicted molar refractivity (Wildman–Crippen MR) is 114 cm³/mol. The number of hydrogen-bond donors (Lipinski definition) is 2. The number of amides is 1. The van der Waals surface area contributed by atoms with Crippen molar-refractivity contribution in [3.63, 3.8) is 0 Å². The van der Waals surface area contributed by atoms with Gasteiger partial charge in [0.2, 0.25) is 11.7 Å². The summed E-state index contributed by atoms with van der Waals surface area (Å²) in [5.74, 6) is 1.02. The molecule has 0 bridgehead atoms. The summed E-state index contributed by atoms with van der Waals surface area (Å²) in [4.78, 5) is 25.7. The van der Waals surface area contributed by atoms with E-state index in [2.05, 4.69) is 5.32 Å². The molecule has 2 N–H and O–H groups in total. The van der Waals surface area contributed by atoms with Crippen molar-refractivity contribution in [2.75, 3.05) is 21.3 Å². The van der Waals surface area contributed by atoms with Crippen LogP contribution in [0.4, 0.5) is 0 Å². The monoisotopic (exact) mass is 423 g/mol. The number of carbonyl (C=O) groups excluding carboxylic acids is 2. The maximum absolute atomic E-state index is 13.3. The molecule has 0 spiro atoms. The number of methoxy groups -OCH3 is 3. The topological polar surface area (TPSA) is 94.1 Å². The van der Waals surface area contributed by atoms with Crippen LogP contribution in [0.15, 0.2) is 47.7 Å². The third-order valence-corrected chi connectivity index (χ3v) is 5.97. The first-order valence-electron chi connectivity index (χ1n) is 10.1. The summed E-state index contributed by atoms with van der Waals surface area (Å²) >= 11 is 0. The summed E-state index contributed by atoms with van der Waals surface area (Å²) in [7, 11) is 4.64. The van der Waals surface area contributed by atoms with Crippen LogP contribution in [0.2, 0.25) is 0 Å². The van der Waals surface area contributed by atoms with E-state index in [-0.39, 0.29) is 35.7 Å². The smallest absolute Gasteiger partial charge is 0.225 e. The first kappa shape index (κ1) is 20.8. The van der Waals surface area contributed by atoms with Crippen LogP contribution in [-0.2, 0) is 9.59 Å². The minimum absolute atomic E-state index is 0.00616. The molecule has 2 unspecified atom stereocenters. The fraction of sp³-hybridized carbons (Fsp3) is 0.333. The van der Waals surface area contributed by atoms with Crippen LogP contribution >= 0.6 is 0 Å². The maximum atomic E-state index is 13.3. The lowest BCUT2D eigenvalue weighted by Gasteiger charge is -2.34. The number of phenolic OH excluding ortho intramolecular Hbond substituents is 1. The van der Waals surface area contributed by atoms with Crippen molar-refractivity contribution in [2.24, 2.45) is 0 Å². The molecule has 2 aromatic carbocycles. The Morgan fingerprint density at radius 1 is 0.903 bits per heavy atom. The van der Waals surface area contributed by atoms with Crippen molar-refractivity contribution >= 4 is 11.7 Å². The number of Topliss-reactive ketones (excluding diaryl/α,β-unsaturated/α-hetero) is 1. The average Bonchev–Trinajstić information content (AvgIpc) is 2.77. The number of rotatable bonds is 5. The van der Waals surface area contributed by atoms with E-state index in [9.17, 15) is 14.7 Å². The Morgan fingerprint density at radius 2 is 1.61 bits per heavy atom. The van der Waals surface area contributed by atoms with Gasteiger partial charge in [-0.05, 0) is 47.7 Å². The van der Waals surface area contributed by atoms with Crippen molar-refractivity contribution in [3.05, 3.63) is 58.8 Å². The van der Waals surface area contributed by atoms with Gasteiger partial charge in [-0.2, -0.15) is 0 Å². The number of allylic oxidation sites excluding steroid dienone is 2. The summed E-state index contributed by atoms with van der Waals surface area (Å²) in [6.07, 6.45) is 1.01. The van der Waals surface area contributed by atoms with Crippen molar-refractivity contribution in [3.8, 4) is 23.0 Å². The Hall–Kier alpha value is -3.48. The molecule has 7 heteroatoms. The number of carbonyl (C=O) groups is 2. The molecule has 7 nitrogen and oxygen atoms in total. The molecule has 1 amide bonds. The van der Waals surface area contributed by atoms with Crippen LogP contribution in [0.3, 0.4) is 0 Å². The molecule has 0 aromatic heterocycles. The van der Waals surface area contributed by atoms with Crippen LogP contribution in [0.25, 0.3) is 0 Å². The Bertz CT molecular complexity index is 1050. The number of hydrogen-bond acceptors (Lipinski definition) is 6. The Labute approximate surface area is 180 Å². The molecule has 2 aliphatic rings. The predicted octanol–water partition coefficient (Wildman–Crippen LogP) is 3.42. The number of ether oxygens (including phenoxy) is 3. The normalized spacial score (nSPS) is 20.7. The summed E-state index contributed by atoms with van der Waals surface area (Å²) in [6, 6.07) is 10.5. The van der Waals surface area contributed by atoms with E-state index < -0.39 is 0 Å². The van der Waals surface area contributed by atoms with E-state index in [0.29, 0.717) is 41.4 Å². The summed E-state index contributed by atoms with van der Waals surface area (Å²) < 4.78 is 16.3. The quantitative estimate of drug-likeness (QED) is 0.765. The van der Waals surface area contributed by atoms with Gasteiger partial charge in [0.15, 0.2) is 17.3 Å². The van der Waals surface area contributed by atoms with Crippen LogP contribution in [-0.4, -0.2) is 38.1 Å². The fourth-order valence-electron chi connectivity index (χ4n) is 4.56. The maximum Gasteiger partial charge on any atom is 0.225 e. The van der Waals surface area contributed by atoms with Crippen LogP contribution in [0.5, 0.6) is 23.0 Å². The van der Waals surface area contributed by atoms with Gasteiger partial charge in [-0.1, -0.05) is 12.1 Å². The largest absolute Gasteiger partial charge is 0.508 e. The highest BCUT2D eigenvalue weighted by molar-refractivity contribution is 6.02. The minimum atomic E-state index is -0.357. The molecule has 2 atom stereocenters. The molecule has 2 aromatic rings. The zero-order valence-electron chi connectivity index (χ0n) is 17.7. The molecule has 1 heterocycles. The second-order valence-electron chi connectivity index (χ2n) is 7.78. The van der Waals surface area contributed by atoms with Gasteiger partial charge in [-0.3, -0.25) is 9.59 Å². The molecule has 162 valence electrons. The molecule has 0 saturated carbocycles. The summed E-state index contributed by atoms with van der Waals surface area (Å²) in [5.41, 5.74) is 2.93. The summed E-state index contributed by atoms with van der Waals surface area (Å²) in [5, 5.41) is 12.8. The van der Waals surface area contributed by atoms with E-state index in [4.69, 9.17) is 14.2 Å². The molecule has 4 rings (SSSR count). The highest BCUT2D eigenvalue weighted by Crippen LogP contribution is 2.46. The number of phenols is 1. The molecule has 1 aliphatic heterocycles. The number of ketones is 1. The third kappa shape index (κ3) is 3.83. The lowest BCUT2D eigenvalue weighted by atomic mass is 9.73. The first-order valence-corrected chi connectivity index (χ1v) is 10.1. The number of benzene rings is 2. The Kier molecular flexibility index (Phi) is 5.59. The van der Waals surface area contributed by atoms with Crippen LogP contribution in [0, 0.1) is 0 Å². The standard InChI is InChI=1S/C24H25NO6/c1-29-20-10-15(11-21(30-2)24(20)31-3)14-8-18-23(19(27)9-14)17(12-22(28)25-18)13-5-4-6-16(26)7-13/h4-7,10-11,14,17,26H,8-9,12H2,1-3H3,(H,25,28). The Balaban J connectivity index is 1.73. The second kappa shape index (κ2) is 8.34. The summed E-state index contributed by atoms with van der Waals surface area (Å²) in [6.45, 7) is 0. The molecular formula is C24H25NO6. The zero-order chi connectivity index (χ0) is 22.1. The highest BCUT2D eigenvalue weighted by Gasteiger charge is 2.38. The van der Waals surface area contributed by atoms with E-state index in [0.717, 1.165) is 11.1 Å². The molecule has 0 fully saturated rings. The van der Waals surface area contributed by atoms with Crippen molar-refractivity contribution in [2.45, 2.75) is 31.1 Å². The minimum Gasteiger partial charge on any atom is -0.508 e. The lowest BCUT2D eigenvalue weighted by Crippen LogP contribution is -2.38. The van der Waals surface area contributed by atoms with E-state index >= 15 is 0 Å². The van der Waals surface area contributed by atoms with Gasteiger partial charge >= 0.3 is 0 Å². The first-order chi connectivity index (χ1) is 14.9. The van der Waals surface area contributed by atoms with Gasteiger partial charge in [-0.25, -0.2) is 0 Å². The van der Waals surface area contributed by atoms with Crippen molar-refractivity contribution in [1.29, 1.82) is 0 Å². The molecule has 0 saturated heterocycles. The van der Waals surface area contributed by atoms with Gasteiger partial charge in [0.05, 0.1) is 21.3 Å². The fourth-order valence-corrected chi connectivity index (χ4v) is 4.56. The van der Waals surface area contributed by atoms with Gasteiger partial charge in [0, 0.05) is 30.0 Å². The molecule has 0 radical (unpaired) electrons. The number of nitrogens with one attached hydrogen (secondary N) is 1. The average molecular weight is 423 g/mol. The van der Waals surface area contributed by atoms with Crippen LogP contribution in [0.1, 0.15) is 42.2 Å². The SMILES string of the molecule is COc1cc(C2CC(=O)C3=C(C2)NC(=O)CC3c2cccc(O)c2)cc(OC)c1OC. The molecule has 1 aliphatic carbocycles. The van der Waals surface area contributed by atoms with Crippen LogP contribution < -0.4 is 19.5 Å². The highest BCUT2D eigenvalue weighted by atomic mass is 16.5. The van der Waals surface area contributed by atoms with Crippen molar-refractivity contribution in [1.82, 2.24) is 5.32 Å². The third-order valence-electron chi connectivity index (χ3n) is 5.97. The zero-order valence-corrected chi connectivity index (χ0v) is 17.7.